The third-order valence-electron chi connectivity index (χ3n) is 16.2. The van der Waals surface area contributed by atoms with Gasteiger partial charge in [-0.3, -0.25) is 29.5 Å². The average molecular weight is 1260 g/mol. The van der Waals surface area contributed by atoms with Crippen LogP contribution in [-0.2, 0) is 59.3 Å². The van der Waals surface area contributed by atoms with Gasteiger partial charge in [-0.05, 0) is 142 Å². The van der Waals surface area contributed by atoms with Gasteiger partial charge >= 0.3 is 6.09 Å². The van der Waals surface area contributed by atoms with E-state index >= 15 is 0 Å². The van der Waals surface area contributed by atoms with E-state index in [4.69, 9.17) is 28.1 Å². The monoisotopic (exact) mass is 1260 g/mol. The second-order valence-electron chi connectivity index (χ2n) is 25.4. The molecule has 2 aromatic heterocycles. The molecule has 9 rings (SSSR count). The topological polar surface area (TPSA) is 252 Å². The molecule has 0 bridgehead atoms. The number of carbonyl (C=O) groups excluding carboxylic acids is 5. The maximum absolute atomic E-state index is 15.0. The number of fused-ring (bicyclic) bond motifs is 2. The van der Waals surface area contributed by atoms with Crippen LogP contribution in [0.2, 0.25) is 0 Å². The average Bonchev–Trinajstić information content (AvgIpc) is 1.78. The van der Waals surface area contributed by atoms with E-state index in [9.17, 15) is 32.8 Å². The minimum atomic E-state index is -2.82. The molecule has 0 saturated heterocycles. The summed E-state index contributed by atoms with van der Waals surface area (Å²) in [5, 5.41) is 21.1. The van der Waals surface area contributed by atoms with Gasteiger partial charge in [0.05, 0.1) is 63.1 Å². The standard InChI is InChI=1S/C67H87F2N11O11/c1-42(70-8)60(81)77-58(66(2,3)4)64(84)78-39-48-34-50(23-20-46(48)35-55(78)62(83)73-52-15-11-13-45-12-9-10-14-51(45)52)89-33-32-88-31-30-87-29-28-86-27-26-71-37-43-18-21-49(22-19-43)79-40-53(57(59(68)69)80(79)38-44-16-17-44)74-61(82)54-41-90-63(75-54)47-24-25-72-56(36-47)76-65(85)91-67(5,6)7/h9-10,12,14,18-25,34,36,40-42,44,52,55,57-59,70-71H,11,13,15-17,26-33,35,37-39H2,1-8H3,(H,73,83)(H,74,82)(H,77,81)(H,72,76,85)/t42-,52+,55-,57?,58+/m0/s1. The predicted molar refractivity (Wildman–Crippen MR) is 338 cm³/mol. The van der Waals surface area contributed by atoms with E-state index in [0.29, 0.717) is 82.7 Å². The number of aryl methyl sites for hydroxylation is 1. The largest absolute Gasteiger partial charge is 0.491 e. The summed E-state index contributed by atoms with van der Waals surface area (Å²) in [6, 6.07) is 20.8. The Kier molecular flexibility index (Phi) is 23.0. The molecule has 91 heavy (non-hydrogen) atoms. The summed E-state index contributed by atoms with van der Waals surface area (Å²) in [5.41, 5.74) is 4.70. The van der Waals surface area contributed by atoms with E-state index in [1.807, 2.05) is 75.4 Å². The van der Waals surface area contributed by atoms with Crippen LogP contribution >= 0.6 is 0 Å². The Bertz CT molecular complexity index is 3330. The molecule has 4 aliphatic rings. The van der Waals surface area contributed by atoms with Crippen LogP contribution in [0.5, 0.6) is 5.75 Å². The highest BCUT2D eigenvalue weighted by molar-refractivity contribution is 5.95. The number of halogens is 2. The van der Waals surface area contributed by atoms with Crippen LogP contribution in [0.3, 0.4) is 0 Å². The van der Waals surface area contributed by atoms with Gasteiger partial charge in [0, 0.05) is 50.6 Å². The third kappa shape index (κ3) is 18.7. The fourth-order valence-corrected chi connectivity index (χ4v) is 11.1. The first kappa shape index (κ1) is 67.5. The summed E-state index contributed by atoms with van der Waals surface area (Å²) in [5.74, 6) is -0.489. The summed E-state index contributed by atoms with van der Waals surface area (Å²) >= 11 is 0. The van der Waals surface area contributed by atoms with Gasteiger partial charge in [-0.15, -0.1) is 0 Å². The van der Waals surface area contributed by atoms with Crippen molar-refractivity contribution in [3.05, 3.63) is 137 Å². The molecule has 5 atom stereocenters. The van der Waals surface area contributed by atoms with Crippen molar-refractivity contribution in [2.45, 2.75) is 142 Å². The number of amides is 5. The number of nitrogens with one attached hydrogen (secondary N) is 6. The number of nitrogens with zero attached hydrogens (tertiary/aromatic N) is 5. The van der Waals surface area contributed by atoms with Crippen molar-refractivity contribution in [1.82, 2.24) is 46.5 Å². The number of rotatable bonds is 29. The van der Waals surface area contributed by atoms with Gasteiger partial charge in [0.25, 0.3) is 12.3 Å². The molecule has 1 fully saturated rings. The van der Waals surface area contributed by atoms with E-state index in [1.165, 1.54) is 24.0 Å². The number of ether oxygens (including phenoxy) is 5. The Morgan fingerprint density at radius 2 is 1.54 bits per heavy atom. The van der Waals surface area contributed by atoms with Crippen molar-refractivity contribution in [1.29, 1.82) is 0 Å². The molecule has 5 amide bonds. The van der Waals surface area contributed by atoms with Gasteiger partial charge in [-0.1, -0.05) is 63.2 Å². The zero-order chi connectivity index (χ0) is 64.8. The fraction of sp³-hybridized carbons (Fsp3) is 0.507. The summed E-state index contributed by atoms with van der Waals surface area (Å²) in [6.45, 7) is 16.9. The highest BCUT2D eigenvalue weighted by atomic mass is 19.3. The zero-order valence-corrected chi connectivity index (χ0v) is 53.3. The molecule has 5 aromatic rings. The van der Waals surface area contributed by atoms with Crippen molar-refractivity contribution in [3.63, 3.8) is 0 Å². The van der Waals surface area contributed by atoms with Crippen LogP contribution in [0.1, 0.15) is 118 Å². The lowest BCUT2D eigenvalue weighted by atomic mass is 9.83. The second kappa shape index (κ2) is 31.0. The van der Waals surface area contributed by atoms with Crippen molar-refractivity contribution >= 4 is 41.2 Å². The minimum absolute atomic E-state index is 0.0228. The molecule has 22 nitrogen and oxygen atoms in total. The Hall–Kier alpha value is -7.87. The molecule has 1 unspecified atom stereocenters. The Labute approximate surface area is 530 Å². The maximum atomic E-state index is 15.0. The number of anilines is 2. The summed E-state index contributed by atoms with van der Waals surface area (Å²) < 4.78 is 64.2. The SMILES string of the molecule is CN[C@@H](C)C(=O)N[C@H](C(=O)N1Cc2cc(OCCOCCOCCOCCNCc3ccc(N4C=C(NC(=O)c5coc(-c6ccnc(NC(=O)OC(C)(C)C)c6)n5)C(C(F)F)N4CC4CC4)cc3)ccc2C[C@H]1C(=O)N[C@@H]1CCCc2ccccc21)C(C)(C)C. The Balaban J connectivity index is 0.680. The van der Waals surface area contributed by atoms with E-state index in [2.05, 4.69) is 54.0 Å². The normalized spacial score (nSPS) is 18.2. The van der Waals surface area contributed by atoms with Crippen LogP contribution in [0.4, 0.5) is 25.1 Å². The zero-order valence-electron chi connectivity index (χ0n) is 53.3. The maximum Gasteiger partial charge on any atom is 0.413 e. The van der Waals surface area contributed by atoms with Crippen LogP contribution in [0.25, 0.3) is 11.5 Å². The number of benzene rings is 3. The molecule has 24 heteroatoms. The number of aromatic nitrogens is 2. The first-order chi connectivity index (χ1) is 43.6. The van der Waals surface area contributed by atoms with E-state index in [0.717, 1.165) is 60.6 Å². The summed E-state index contributed by atoms with van der Waals surface area (Å²) in [6.07, 6.45) is 5.47. The number of alkyl halides is 2. The van der Waals surface area contributed by atoms with Gasteiger partial charge < -0.3 is 59.6 Å². The van der Waals surface area contributed by atoms with Crippen molar-refractivity contribution < 1.29 is 60.9 Å². The third-order valence-corrected chi connectivity index (χ3v) is 16.2. The molecule has 490 valence electrons. The first-order valence-corrected chi connectivity index (χ1v) is 31.3. The highest BCUT2D eigenvalue weighted by Crippen LogP contribution is 2.38. The molecular weight excluding hydrogens is 1170 g/mol. The van der Waals surface area contributed by atoms with Gasteiger partial charge in [0.15, 0.2) is 5.69 Å². The van der Waals surface area contributed by atoms with Gasteiger partial charge in [0.2, 0.25) is 23.6 Å². The van der Waals surface area contributed by atoms with Crippen LogP contribution in [0, 0.1) is 11.3 Å². The molecule has 6 N–H and O–H groups in total. The van der Waals surface area contributed by atoms with E-state index in [-0.39, 0.29) is 65.9 Å². The molecule has 1 saturated carbocycles. The van der Waals surface area contributed by atoms with E-state index < -0.39 is 53.6 Å². The van der Waals surface area contributed by atoms with Crippen molar-refractivity contribution in [3.8, 4) is 17.2 Å². The fourth-order valence-electron chi connectivity index (χ4n) is 11.1. The van der Waals surface area contributed by atoms with Gasteiger partial charge in [-0.25, -0.2) is 28.6 Å². The highest BCUT2D eigenvalue weighted by Gasteiger charge is 2.45. The van der Waals surface area contributed by atoms with Crippen LogP contribution in [0.15, 0.2) is 108 Å². The van der Waals surface area contributed by atoms with Gasteiger partial charge in [-0.2, -0.15) is 0 Å². The minimum Gasteiger partial charge on any atom is -0.491 e. The number of carbonyl (C=O) groups is 5. The van der Waals surface area contributed by atoms with Crippen molar-refractivity contribution in [2.24, 2.45) is 11.3 Å². The molecule has 2 aliphatic heterocycles. The quantitative estimate of drug-likeness (QED) is 0.0247. The Morgan fingerprint density at radius 3 is 2.24 bits per heavy atom. The first-order valence-electron chi connectivity index (χ1n) is 31.3. The number of oxazole rings is 1. The molecule has 4 heterocycles. The van der Waals surface area contributed by atoms with E-state index in [1.54, 1.807) is 55.7 Å². The predicted octanol–water partition coefficient (Wildman–Crippen LogP) is 8.24. The lowest BCUT2D eigenvalue weighted by Crippen LogP contribution is -2.62. The molecule has 0 spiro atoms. The molecule has 3 aromatic carbocycles. The molecule has 0 radical (unpaired) electrons. The second-order valence-corrected chi connectivity index (χ2v) is 25.4. The molecular formula is C67H87F2N11O11. The lowest BCUT2D eigenvalue weighted by Gasteiger charge is -2.41. The number of hydrogen-bond acceptors (Lipinski definition) is 17. The molecule has 2 aliphatic carbocycles. The number of hydrogen-bond donors (Lipinski definition) is 6. The number of hydrazine groups is 1. The summed E-state index contributed by atoms with van der Waals surface area (Å²) in [7, 11) is 1.69. The van der Waals surface area contributed by atoms with Crippen molar-refractivity contribution in [2.75, 3.05) is 76.7 Å². The number of pyridine rings is 1. The summed E-state index contributed by atoms with van der Waals surface area (Å²) in [4.78, 5) is 78.3. The smallest absolute Gasteiger partial charge is 0.413 e. The van der Waals surface area contributed by atoms with Crippen LogP contribution < -0.4 is 41.6 Å². The Morgan fingerprint density at radius 1 is 0.813 bits per heavy atom. The van der Waals surface area contributed by atoms with Crippen LogP contribution in [-0.4, -0.2) is 152 Å². The number of likely N-dealkylation sites (N-methyl/N-ethyl adjacent to an activating group) is 1. The van der Waals surface area contributed by atoms with Gasteiger partial charge in [0.1, 0.15) is 48.2 Å². The lowest BCUT2D eigenvalue weighted by molar-refractivity contribution is -0.147.